The summed E-state index contributed by atoms with van der Waals surface area (Å²) >= 11 is 5.66. The summed E-state index contributed by atoms with van der Waals surface area (Å²) in [5, 5.41) is 9.59. The van der Waals surface area contributed by atoms with Crippen molar-refractivity contribution in [3.63, 3.8) is 0 Å². The van der Waals surface area contributed by atoms with E-state index in [4.69, 9.17) is 16.3 Å². The molecule has 0 unspecified atom stereocenters. The molecule has 2 aromatic rings. The monoisotopic (exact) mass is 379 g/mol. The van der Waals surface area contributed by atoms with E-state index >= 15 is 0 Å². The maximum Gasteiger partial charge on any atom is 0.436 e. The van der Waals surface area contributed by atoms with E-state index in [-0.39, 0.29) is 31.3 Å². The third kappa shape index (κ3) is 4.95. The Balaban J connectivity index is 1.93. The summed E-state index contributed by atoms with van der Waals surface area (Å²) in [6.07, 6.45) is -1.66. The summed E-state index contributed by atoms with van der Waals surface area (Å²) in [5.74, 6) is -0.379. The quantitative estimate of drug-likeness (QED) is 0.802. The van der Waals surface area contributed by atoms with Crippen LogP contribution in [-0.2, 0) is 29.0 Å². The lowest BCUT2D eigenvalue weighted by Crippen LogP contribution is -2.16. The fourth-order valence-corrected chi connectivity index (χ4v) is 2.28. The van der Waals surface area contributed by atoms with Crippen molar-refractivity contribution in [1.29, 1.82) is 0 Å². The number of rotatable bonds is 7. The van der Waals surface area contributed by atoms with E-state index in [0.717, 1.165) is 4.68 Å². The van der Waals surface area contributed by atoms with E-state index in [1.165, 1.54) is 17.8 Å². The Morgan fingerprint density at radius 3 is 2.76 bits per heavy atom. The van der Waals surface area contributed by atoms with Gasteiger partial charge in [0.2, 0.25) is 5.91 Å². The van der Waals surface area contributed by atoms with Gasteiger partial charge >= 0.3 is 6.18 Å². The summed E-state index contributed by atoms with van der Waals surface area (Å²) in [7, 11) is 0. The molecule has 7 nitrogen and oxygen atoms in total. The highest BCUT2D eigenvalue weighted by Crippen LogP contribution is 2.35. The third-order valence-corrected chi connectivity index (χ3v) is 3.75. The van der Waals surface area contributed by atoms with Gasteiger partial charge in [0.15, 0.2) is 5.69 Å². The minimum absolute atomic E-state index is 0.0272. The van der Waals surface area contributed by atoms with Crippen LogP contribution in [0.3, 0.4) is 0 Å². The van der Waals surface area contributed by atoms with E-state index in [1.807, 2.05) is 6.92 Å². The highest BCUT2D eigenvalue weighted by Gasteiger charge is 2.38. The van der Waals surface area contributed by atoms with E-state index in [0.29, 0.717) is 12.3 Å². The molecule has 0 aliphatic heterocycles. The van der Waals surface area contributed by atoms with Gasteiger partial charge in [-0.15, -0.1) is 0 Å². The molecule has 0 aromatic carbocycles. The molecule has 0 spiro atoms. The first kappa shape index (κ1) is 19.3. The number of halogens is 4. The number of aryl methyl sites for hydroxylation is 1. The van der Waals surface area contributed by atoms with Crippen LogP contribution in [0.4, 0.5) is 18.9 Å². The largest absolute Gasteiger partial charge is 0.436 e. The summed E-state index contributed by atoms with van der Waals surface area (Å²) in [4.78, 5) is 11.9. The average molecular weight is 380 g/mol. The SMILES string of the molecule is CCOCn1cc(NC(=O)CCn2nc(C(F)(F)F)c(Cl)c2C)cn1. The fraction of sp³-hybridized carbons (Fsp3) is 0.500. The van der Waals surface area contributed by atoms with Gasteiger partial charge in [0.05, 0.1) is 35.3 Å². The molecule has 1 N–H and O–H groups in total. The molecular formula is C14H17ClF3N5O2. The first-order chi connectivity index (χ1) is 11.7. The first-order valence-corrected chi connectivity index (χ1v) is 7.80. The molecule has 11 heteroatoms. The molecule has 2 heterocycles. The zero-order valence-corrected chi connectivity index (χ0v) is 14.4. The number of nitrogens with one attached hydrogen (secondary N) is 1. The molecule has 2 aromatic heterocycles. The number of amides is 1. The zero-order chi connectivity index (χ0) is 18.6. The highest BCUT2D eigenvalue weighted by molar-refractivity contribution is 6.31. The predicted molar refractivity (Wildman–Crippen MR) is 84.1 cm³/mol. The molecule has 0 saturated carbocycles. The number of carbonyl (C=O) groups excluding carboxylic acids is 1. The predicted octanol–water partition coefficient (Wildman–Crippen LogP) is 3.08. The molecule has 0 aliphatic carbocycles. The van der Waals surface area contributed by atoms with Crippen LogP contribution in [0.5, 0.6) is 0 Å². The van der Waals surface area contributed by atoms with Crippen molar-refractivity contribution < 1.29 is 22.7 Å². The Kier molecular flexibility index (Phi) is 6.07. The van der Waals surface area contributed by atoms with Crippen LogP contribution in [0.15, 0.2) is 12.4 Å². The van der Waals surface area contributed by atoms with Gasteiger partial charge in [-0.25, -0.2) is 4.68 Å². The minimum atomic E-state index is -4.63. The van der Waals surface area contributed by atoms with E-state index in [1.54, 1.807) is 6.20 Å². The molecule has 0 saturated heterocycles. The van der Waals surface area contributed by atoms with Gasteiger partial charge in [0.1, 0.15) is 6.73 Å². The molecule has 0 fully saturated rings. The molecule has 0 aliphatic rings. The Hall–Kier alpha value is -2.07. The molecule has 25 heavy (non-hydrogen) atoms. The van der Waals surface area contributed by atoms with Crippen LogP contribution < -0.4 is 5.32 Å². The number of carbonyl (C=O) groups is 1. The highest BCUT2D eigenvalue weighted by atomic mass is 35.5. The second-order valence-corrected chi connectivity index (χ2v) is 5.54. The first-order valence-electron chi connectivity index (χ1n) is 7.42. The van der Waals surface area contributed by atoms with Crippen LogP contribution in [-0.4, -0.2) is 32.1 Å². The molecule has 0 atom stereocenters. The van der Waals surface area contributed by atoms with Crippen molar-refractivity contribution in [2.24, 2.45) is 0 Å². The van der Waals surface area contributed by atoms with Gasteiger partial charge in [-0.3, -0.25) is 9.48 Å². The fourth-order valence-electron chi connectivity index (χ4n) is 2.04. The van der Waals surface area contributed by atoms with Crippen molar-refractivity contribution in [2.45, 2.75) is 39.7 Å². The summed E-state index contributed by atoms with van der Waals surface area (Å²) < 4.78 is 46.0. The van der Waals surface area contributed by atoms with Gasteiger partial charge in [-0.2, -0.15) is 23.4 Å². The summed E-state index contributed by atoms with van der Waals surface area (Å²) in [5.41, 5.74) is -0.522. The molecule has 1 amide bonds. The van der Waals surface area contributed by atoms with Gasteiger partial charge < -0.3 is 10.1 Å². The van der Waals surface area contributed by atoms with Crippen LogP contribution in [0.25, 0.3) is 0 Å². The van der Waals surface area contributed by atoms with Crippen molar-refractivity contribution in [1.82, 2.24) is 19.6 Å². The summed E-state index contributed by atoms with van der Waals surface area (Å²) in [6.45, 7) is 4.03. The lowest BCUT2D eigenvalue weighted by atomic mass is 10.3. The topological polar surface area (TPSA) is 74.0 Å². The van der Waals surface area contributed by atoms with Crippen LogP contribution in [0, 0.1) is 6.92 Å². The van der Waals surface area contributed by atoms with Crippen LogP contribution in [0.2, 0.25) is 5.02 Å². The second-order valence-electron chi connectivity index (χ2n) is 5.16. The number of nitrogens with zero attached hydrogens (tertiary/aromatic N) is 4. The van der Waals surface area contributed by atoms with Gasteiger partial charge in [-0.05, 0) is 13.8 Å². The van der Waals surface area contributed by atoms with Crippen LogP contribution in [0.1, 0.15) is 24.7 Å². The number of alkyl halides is 3. The summed E-state index contributed by atoms with van der Waals surface area (Å²) in [6, 6.07) is 0. The number of hydrogen-bond acceptors (Lipinski definition) is 4. The second kappa shape index (κ2) is 7.87. The number of anilines is 1. The average Bonchev–Trinajstić information content (AvgIpc) is 3.09. The standard InChI is InChI=1S/C14H17ClF3N5O2/c1-3-25-8-22-7-10(6-19-22)20-11(24)4-5-23-9(2)12(15)13(21-23)14(16,17)18/h6-7H,3-5,8H2,1-2H3,(H,20,24). The third-order valence-electron chi connectivity index (χ3n) is 3.30. The lowest BCUT2D eigenvalue weighted by Gasteiger charge is -2.05. The van der Waals surface area contributed by atoms with Crippen molar-refractivity contribution in [2.75, 3.05) is 11.9 Å². The molecular weight excluding hydrogens is 363 g/mol. The normalized spacial score (nSPS) is 11.8. The number of ether oxygens (including phenoxy) is 1. The van der Waals surface area contributed by atoms with Crippen molar-refractivity contribution in [3.8, 4) is 0 Å². The number of hydrogen-bond donors (Lipinski definition) is 1. The molecule has 0 radical (unpaired) electrons. The zero-order valence-electron chi connectivity index (χ0n) is 13.6. The number of aromatic nitrogens is 4. The molecule has 138 valence electrons. The van der Waals surface area contributed by atoms with Gasteiger partial charge in [0.25, 0.3) is 0 Å². The Morgan fingerprint density at radius 1 is 1.44 bits per heavy atom. The van der Waals surface area contributed by atoms with Crippen molar-refractivity contribution >= 4 is 23.2 Å². The Bertz CT molecular complexity index is 741. The van der Waals surface area contributed by atoms with E-state index in [2.05, 4.69) is 15.5 Å². The lowest BCUT2D eigenvalue weighted by molar-refractivity contribution is -0.141. The smallest absolute Gasteiger partial charge is 0.360 e. The van der Waals surface area contributed by atoms with E-state index in [9.17, 15) is 18.0 Å². The van der Waals surface area contributed by atoms with Gasteiger partial charge in [-0.1, -0.05) is 11.6 Å². The Labute approximate surface area is 146 Å². The van der Waals surface area contributed by atoms with Crippen molar-refractivity contribution in [3.05, 3.63) is 28.8 Å². The Morgan fingerprint density at radius 2 is 2.16 bits per heavy atom. The maximum atomic E-state index is 12.8. The molecule has 0 bridgehead atoms. The van der Waals surface area contributed by atoms with Crippen LogP contribution >= 0.6 is 11.6 Å². The minimum Gasteiger partial charge on any atom is -0.360 e. The maximum absolute atomic E-state index is 12.8. The molecule has 2 rings (SSSR count). The van der Waals surface area contributed by atoms with E-state index < -0.39 is 16.9 Å². The van der Waals surface area contributed by atoms with Gasteiger partial charge in [0, 0.05) is 13.0 Å².